The molecule has 0 radical (unpaired) electrons. The first kappa shape index (κ1) is 19.2. The summed E-state index contributed by atoms with van der Waals surface area (Å²) >= 11 is 0. The van der Waals surface area contributed by atoms with Crippen LogP contribution >= 0.6 is 24.0 Å². The molecule has 25 heavy (non-hydrogen) atoms. The number of aryl methyl sites for hydroxylation is 1. The van der Waals surface area contributed by atoms with Gasteiger partial charge in [0.2, 0.25) is 0 Å². The van der Waals surface area contributed by atoms with E-state index in [1.54, 1.807) is 7.05 Å². The fourth-order valence-electron chi connectivity index (χ4n) is 2.59. The SMILES string of the molecule is CN=C(NCCn1cc(C)cn1)NCc1ccnc2ccccc12.I. The summed E-state index contributed by atoms with van der Waals surface area (Å²) in [6.45, 7) is 4.30. The summed E-state index contributed by atoms with van der Waals surface area (Å²) in [5.41, 5.74) is 3.38. The van der Waals surface area contributed by atoms with Crippen molar-refractivity contribution in [2.24, 2.45) is 4.99 Å². The van der Waals surface area contributed by atoms with Gasteiger partial charge in [-0.2, -0.15) is 5.10 Å². The number of fused-ring (bicyclic) bond motifs is 1. The molecule has 3 aromatic rings. The van der Waals surface area contributed by atoms with Crippen molar-refractivity contribution in [2.45, 2.75) is 20.0 Å². The van der Waals surface area contributed by atoms with E-state index >= 15 is 0 Å². The molecule has 7 heteroatoms. The molecule has 0 saturated carbocycles. The molecule has 3 rings (SSSR count). The summed E-state index contributed by atoms with van der Waals surface area (Å²) in [7, 11) is 1.78. The van der Waals surface area contributed by atoms with Crippen LogP contribution < -0.4 is 10.6 Å². The van der Waals surface area contributed by atoms with E-state index in [2.05, 4.69) is 31.8 Å². The molecule has 0 aliphatic carbocycles. The maximum absolute atomic E-state index is 4.39. The average Bonchev–Trinajstić information content (AvgIpc) is 3.03. The van der Waals surface area contributed by atoms with Gasteiger partial charge in [-0.3, -0.25) is 14.7 Å². The van der Waals surface area contributed by atoms with Crippen LogP contribution in [0.2, 0.25) is 0 Å². The minimum atomic E-state index is 0. The molecule has 2 aromatic heterocycles. The van der Waals surface area contributed by atoms with Crippen LogP contribution in [0.5, 0.6) is 0 Å². The van der Waals surface area contributed by atoms with Crippen LogP contribution in [0.4, 0.5) is 0 Å². The van der Waals surface area contributed by atoms with Crippen molar-refractivity contribution in [3.63, 3.8) is 0 Å². The average molecular weight is 450 g/mol. The number of hydrogen-bond donors (Lipinski definition) is 2. The number of hydrogen-bond acceptors (Lipinski definition) is 3. The normalized spacial score (nSPS) is 11.2. The number of para-hydroxylation sites is 1. The zero-order valence-electron chi connectivity index (χ0n) is 14.4. The molecule has 0 bridgehead atoms. The second-order valence-electron chi connectivity index (χ2n) is 5.62. The van der Waals surface area contributed by atoms with Crippen molar-refractivity contribution in [3.05, 3.63) is 60.0 Å². The highest BCUT2D eigenvalue weighted by molar-refractivity contribution is 14.0. The maximum Gasteiger partial charge on any atom is 0.191 e. The van der Waals surface area contributed by atoms with E-state index in [4.69, 9.17) is 0 Å². The molecule has 0 atom stereocenters. The Morgan fingerprint density at radius 1 is 1.20 bits per heavy atom. The van der Waals surface area contributed by atoms with Crippen LogP contribution in [0.25, 0.3) is 10.9 Å². The molecule has 0 unspecified atom stereocenters. The number of nitrogens with one attached hydrogen (secondary N) is 2. The van der Waals surface area contributed by atoms with E-state index in [-0.39, 0.29) is 24.0 Å². The van der Waals surface area contributed by atoms with Gasteiger partial charge in [-0.25, -0.2) is 0 Å². The van der Waals surface area contributed by atoms with Crippen LogP contribution in [0.3, 0.4) is 0 Å². The first-order chi connectivity index (χ1) is 11.8. The third-order valence-corrected chi connectivity index (χ3v) is 3.80. The lowest BCUT2D eigenvalue weighted by molar-refractivity contribution is 0.597. The van der Waals surface area contributed by atoms with Crippen LogP contribution in [0.15, 0.2) is 53.9 Å². The molecule has 2 N–H and O–H groups in total. The molecule has 0 spiro atoms. The highest BCUT2D eigenvalue weighted by atomic mass is 127. The lowest BCUT2D eigenvalue weighted by atomic mass is 10.1. The largest absolute Gasteiger partial charge is 0.355 e. The number of aromatic nitrogens is 3. The Labute approximate surface area is 164 Å². The standard InChI is InChI=1S/C18H22N6.HI/c1-14-11-23-24(13-14)10-9-21-18(19-2)22-12-15-7-8-20-17-6-4-3-5-16(15)17;/h3-8,11,13H,9-10,12H2,1-2H3,(H2,19,21,22);1H. The molecule has 0 saturated heterocycles. The Bertz CT molecular complexity index is 837. The summed E-state index contributed by atoms with van der Waals surface area (Å²) in [4.78, 5) is 8.66. The van der Waals surface area contributed by atoms with Crippen LogP contribution in [0, 0.1) is 6.92 Å². The molecular formula is C18H23IN6. The molecule has 0 aliphatic rings. The fraction of sp³-hybridized carbons (Fsp3) is 0.278. The zero-order valence-corrected chi connectivity index (χ0v) is 16.8. The quantitative estimate of drug-likeness (QED) is 0.357. The molecule has 2 heterocycles. The number of halogens is 1. The Kier molecular flexibility index (Phi) is 7.17. The molecule has 0 amide bonds. The van der Waals surface area contributed by atoms with Crippen LogP contribution in [-0.2, 0) is 13.1 Å². The maximum atomic E-state index is 4.39. The molecule has 0 fully saturated rings. The minimum Gasteiger partial charge on any atom is -0.355 e. The number of rotatable bonds is 5. The van der Waals surface area contributed by atoms with Crippen molar-refractivity contribution in [1.29, 1.82) is 0 Å². The molecule has 0 aliphatic heterocycles. The molecule has 6 nitrogen and oxygen atoms in total. The Balaban J connectivity index is 0.00000225. The summed E-state index contributed by atoms with van der Waals surface area (Å²) in [5.74, 6) is 0.778. The van der Waals surface area contributed by atoms with E-state index in [0.29, 0.717) is 6.54 Å². The van der Waals surface area contributed by atoms with Gasteiger partial charge in [0.1, 0.15) is 0 Å². The van der Waals surface area contributed by atoms with E-state index in [1.807, 2.05) is 54.5 Å². The van der Waals surface area contributed by atoms with Gasteiger partial charge in [0.15, 0.2) is 5.96 Å². The van der Waals surface area contributed by atoms with Gasteiger partial charge in [0.05, 0.1) is 18.3 Å². The predicted molar refractivity (Wildman–Crippen MR) is 112 cm³/mol. The van der Waals surface area contributed by atoms with Gasteiger partial charge in [-0.1, -0.05) is 18.2 Å². The molecular weight excluding hydrogens is 427 g/mol. The summed E-state index contributed by atoms with van der Waals surface area (Å²) in [5, 5.41) is 12.1. The Morgan fingerprint density at radius 2 is 2.04 bits per heavy atom. The van der Waals surface area contributed by atoms with Crippen molar-refractivity contribution < 1.29 is 0 Å². The summed E-state index contributed by atoms with van der Waals surface area (Å²) in [6, 6.07) is 10.2. The topological polar surface area (TPSA) is 67.1 Å². The van der Waals surface area contributed by atoms with Gasteiger partial charge in [0.25, 0.3) is 0 Å². The lowest BCUT2D eigenvalue weighted by Gasteiger charge is -2.13. The number of guanidine groups is 1. The summed E-state index contributed by atoms with van der Waals surface area (Å²) in [6.07, 6.45) is 5.73. The van der Waals surface area contributed by atoms with Crippen LogP contribution in [0.1, 0.15) is 11.1 Å². The van der Waals surface area contributed by atoms with Gasteiger partial charge >= 0.3 is 0 Å². The second kappa shape index (κ2) is 9.36. The predicted octanol–water partition coefficient (Wildman–Crippen LogP) is 2.72. The number of benzene rings is 1. The van der Waals surface area contributed by atoms with E-state index < -0.39 is 0 Å². The van der Waals surface area contributed by atoms with E-state index in [1.165, 1.54) is 11.1 Å². The summed E-state index contributed by atoms with van der Waals surface area (Å²) < 4.78 is 1.92. The fourth-order valence-corrected chi connectivity index (χ4v) is 2.59. The van der Waals surface area contributed by atoms with E-state index in [9.17, 15) is 0 Å². The monoisotopic (exact) mass is 450 g/mol. The van der Waals surface area contributed by atoms with Gasteiger partial charge < -0.3 is 10.6 Å². The smallest absolute Gasteiger partial charge is 0.191 e. The van der Waals surface area contributed by atoms with Crippen molar-refractivity contribution in [3.8, 4) is 0 Å². The second-order valence-corrected chi connectivity index (χ2v) is 5.62. The van der Waals surface area contributed by atoms with Crippen molar-refractivity contribution in [1.82, 2.24) is 25.4 Å². The van der Waals surface area contributed by atoms with Gasteiger partial charge in [0, 0.05) is 37.9 Å². The van der Waals surface area contributed by atoms with E-state index in [0.717, 1.165) is 30.0 Å². The first-order valence-corrected chi connectivity index (χ1v) is 8.02. The zero-order chi connectivity index (χ0) is 16.8. The highest BCUT2D eigenvalue weighted by Gasteiger charge is 2.03. The molecule has 132 valence electrons. The number of pyridine rings is 1. The lowest BCUT2D eigenvalue weighted by Crippen LogP contribution is -2.38. The first-order valence-electron chi connectivity index (χ1n) is 8.02. The Morgan fingerprint density at radius 3 is 2.80 bits per heavy atom. The number of aliphatic imine (C=N–C) groups is 1. The van der Waals surface area contributed by atoms with Crippen LogP contribution in [-0.4, -0.2) is 34.3 Å². The third-order valence-electron chi connectivity index (χ3n) is 3.80. The number of nitrogens with zero attached hydrogens (tertiary/aromatic N) is 4. The van der Waals surface area contributed by atoms with Gasteiger partial charge in [-0.15, -0.1) is 24.0 Å². The molecule has 1 aromatic carbocycles. The third kappa shape index (κ3) is 5.15. The highest BCUT2D eigenvalue weighted by Crippen LogP contribution is 2.15. The van der Waals surface area contributed by atoms with Crippen molar-refractivity contribution >= 4 is 40.8 Å². The van der Waals surface area contributed by atoms with Crippen molar-refractivity contribution in [2.75, 3.05) is 13.6 Å². The van der Waals surface area contributed by atoms with Gasteiger partial charge in [-0.05, 0) is 30.2 Å². The minimum absolute atomic E-state index is 0. The Hall–Kier alpha value is -2.16.